The maximum absolute atomic E-state index is 11.5. The molecule has 0 radical (unpaired) electrons. The van der Waals surface area contributed by atoms with Crippen molar-refractivity contribution in [3.05, 3.63) is 30.3 Å². The topological polar surface area (TPSA) is 115 Å². The lowest BCUT2D eigenvalue weighted by molar-refractivity contribution is 0.483. The van der Waals surface area contributed by atoms with Gasteiger partial charge in [-0.05, 0) is 29.7 Å². The van der Waals surface area contributed by atoms with Gasteiger partial charge in [0.2, 0.25) is 0 Å². The number of hydrogen-bond donors (Lipinski definition) is 2. The highest BCUT2D eigenvalue weighted by atomic mass is 35.7. The van der Waals surface area contributed by atoms with Gasteiger partial charge in [0.1, 0.15) is 0 Å². The largest absolute Gasteiger partial charge is 0.399 e. The number of halogens is 1. The van der Waals surface area contributed by atoms with Crippen molar-refractivity contribution in [1.29, 1.82) is 0 Å². The van der Waals surface area contributed by atoms with Gasteiger partial charge in [-0.15, -0.1) is 0 Å². The third kappa shape index (κ3) is 2.81. The number of benzene rings is 2. The van der Waals surface area contributed by atoms with Crippen LogP contribution in [0.4, 0.5) is 5.69 Å². The molecule has 6 nitrogen and oxygen atoms in total. The highest BCUT2D eigenvalue weighted by molar-refractivity contribution is 8.14. The Bertz CT molecular complexity index is 874. The Labute approximate surface area is 114 Å². The van der Waals surface area contributed by atoms with E-state index < -0.39 is 29.0 Å². The van der Waals surface area contributed by atoms with E-state index in [-0.39, 0.29) is 10.8 Å². The first kappa shape index (κ1) is 14.1. The number of rotatable bonds is 2. The van der Waals surface area contributed by atoms with E-state index >= 15 is 0 Å². The van der Waals surface area contributed by atoms with E-state index in [1.165, 1.54) is 18.2 Å². The van der Waals surface area contributed by atoms with Crippen molar-refractivity contribution >= 4 is 46.3 Å². The molecule has 0 atom stereocenters. The molecule has 0 spiro atoms. The van der Waals surface area contributed by atoms with E-state index in [0.717, 1.165) is 12.1 Å². The first-order valence-electron chi connectivity index (χ1n) is 4.84. The zero-order valence-electron chi connectivity index (χ0n) is 9.24. The molecule has 2 rings (SSSR count). The molecule has 0 aliphatic heterocycles. The summed E-state index contributed by atoms with van der Waals surface area (Å²) in [5, 5.41) is 0.464. The lowest BCUT2D eigenvalue weighted by Gasteiger charge is -2.07. The summed E-state index contributed by atoms with van der Waals surface area (Å²) in [6.45, 7) is 0. The van der Waals surface area contributed by atoms with Crippen LogP contribution in [0.15, 0.2) is 40.1 Å². The second-order valence-corrected chi connectivity index (χ2v) is 7.77. The van der Waals surface area contributed by atoms with Crippen LogP contribution >= 0.6 is 10.7 Å². The minimum atomic E-state index is -4.54. The SMILES string of the molecule is Nc1ccc2cc(S(=O)(=O)O)cc(S(=O)(=O)Cl)c2c1. The van der Waals surface area contributed by atoms with Gasteiger partial charge in [0, 0.05) is 21.8 Å². The fraction of sp³-hybridized carbons (Fsp3) is 0. The lowest BCUT2D eigenvalue weighted by Crippen LogP contribution is -2.02. The molecule has 0 heterocycles. The summed E-state index contributed by atoms with van der Waals surface area (Å²) in [7, 11) is -3.46. The number of nitrogen functional groups attached to an aromatic ring is 1. The summed E-state index contributed by atoms with van der Waals surface area (Å²) in [5.41, 5.74) is 5.85. The minimum absolute atomic E-state index is 0.183. The quantitative estimate of drug-likeness (QED) is 0.493. The average Bonchev–Trinajstić information content (AvgIpc) is 2.24. The maximum Gasteiger partial charge on any atom is 0.294 e. The molecule has 0 aromatic heterocycles. The van der Waals surface area contributed by atoms with Crippen LogP contribution in [0.1, 0.15) is 0 Å². The van der Waals surface area contributed by atoms with E-state index in [2.05, 4.69) is 0 Å². The van der Waals surface area contributed by atoms with Gasteiger partial charge in [-0.1, -0.05) is 6.07 Å². The summed E-state index contributed by atoms with van der Waals surface area (Å²) in [6, 6.07) is 6.19. The van der Waals surface area contributed by atoms with Gasteiger partial charge in [0.15, 0.2) is 0 Å². The summed E-state index contributed by atoms with van der Waals surface area (Å²) >= 11 is 0. The van der Waals surface area contributed by atoms with E-state index in [1.807, 2.05) is 0 Å². The fourth-order valence-electron chi connectivity index (χ4n) is 1.67. The fourth-order valence-corrected chi connectivity index (χ4v) is 3.37. The van der Waals surface area contributed by atoms with Crippen LogP contribution in [0.25, 0.3) is 10.8 Å². The molecule has 0 saturated carbocycles. The van der Waals surface area contributed by atoms with Crippen LogP contribution in [-0.4, -0.2) is 21.4 Å². The number of fused-ring (bicyclic) bond motifs is 1. The van der Waals surface area contributed by atoms with Gasteiger partial charge in [-0.2, -0.15) is 8.42 Å². The predicted octanol–water partition coefficient (Wildman–Crippen LogP) is 1.60. The van der Waals surface area contributed by atoms with Crippen molar-refractivity contribution in [2.24, 2.45) is 0 Å². The van der Waals surface area contributed by atoms with Gasteiger partial charge in [0.05, 0.1) is 9.79 Å². The normalized spacial score (nSPS) is 12.7. The standard InChI is InChI=1S/C10H8ClNO5S2/c11-18(13,14)10-5-8(19(15,16)17)3-6-1-2-7(12)4-9(6)10/h1-5H,12H2,(H,15,16,17). The number of anilines is 1. The van der Waals surface area contributed by atoms with E-state index in [4.69, 9.17) is 21.0 Å². The van der Waals surface area contributed by atoms with Crippen molar-refractivity contribution in [3.8, 4) is 0 Å². The maximum atomic E-state index is 11.5. The van der Waals surface area contributed by atoms with Crippen LogP contribution in [0, 0.1) is 0 Å². The van der Waals surface area contributed by atoms with Crippen molar-refractivity contribution in [2.75, 3.05) is 5.73 Å². The molecule has 0 saturated heterocycles. The zero-order chi connectivity index (χ0) is 14.4. The minimum Gasteiger partial charge on any atom is -0.399 e. The van der Waals surface area contributed by atoms with Crippen LogP contribution in [0.5, 0.6) is 0 Å². The van der Waals surface area contributed by atoms with Crippen LogP contribution in [0.3, 0.4) is 0 Å². The summed E-state index contributed by atoms with van der Waals surface area (Å²) in [6.07, 6.45) is 0. The third-order valence-electron chi connectivity index (χ3n) is 2.47. The van der Waals surface area contributed by atoms with Crippen molar-refractivity contribution in [1.82, 2.24) is 0 Å². The Morgan fingerprint density at radius 1 is 1.05 bits per heavy atom. The Balaban J connectivity index is 3.01. The van der Waals surface area contributed by atoms with E-state index in [0.29, 0.717) is 5.69 Å². The molecule has 0 bridgehead atoms. The molecular formula is C10H8ClNO5S2. The van der Waals surface area contributed by atoms with Gasteiger partial charge < -0.3 is 5.73 Å². The average molecular weight is 322 g/mol. The van der Waals surface area contributed by atoms with Crippen LogP contribution in [0.2, 0.25) is 0 Å². The molecule has 2 aromatic rings. The number of hydrogen-bond acceptors (Lipinski definition) is 5. The zero-order valence-corrected chi connectivity index (χ0v) is 11.6. The van der Waals surface area contributed by atoms with Crippen LogP contribution in [-0.2, 0) is 19.2 Å². The van der Waals surface area contributed by atoms with Gasteiger partial charge in [-0.3, -0.25) is 4.55 Å². The Morgan fingerprint density at radius 2 is 1.68 bits per heavy atom. The molecule has 0 amide bonds. The molecule has 19 heavy (non-hydrogen) atoms. The number of nitrogens with two attached hydrogens (primary N) is 1. The highest BCUT2D eigenvalue weighted by Gasteiger charge is 2.20. The summed E-state index contributed by atoms with van der Waals surface area (Å²) < 4.78 is 54.2. The smallest absolute Gasteiger partial charge is 0.294 e. The first-order valence-corrected chi connectivity index (χ1v) is 8.59. The summed E-state index contributed by atoms with van der Waals surface area (Å²) in [5.74, 6) is 0. The molecule has 3 N–H and O–H groups in total. The lowest BCUT2D eigenvalue weighted by atomic mass is 10.1. The summed E-state index contributed by atoms with van der Waals surface area (Å²) in [4.78, 5) is -0.976. The molecule has 0 fully saturated rings. The van der Waals surface area contributed by atoms with Gasteiger partial charge >= 0.3 is 0 Å². The first-order chi connectivity index (χ1) is 8.59. The van der Waals surface area contributed by atoms with Gasteiger partial charge in [-0.25, -0.2) is 8.42 Å². The molecular weight excluding hydrogens is 314 g/mol. The monoisotopic (exact) mass is 321 g/mol. The van der Waals surface area contributed by atoms with Crippen molar-refractivity contribution in [3.63, 3.8) is 0 Å². The molecule has 102 valence electrons. The Kier molecular flexibility index (Phi) is 3.21. The molecule has 0 aliphatic carbocycles. The second kappa shape index (κ2) is 4.34. The van der Waals surface area contributed by atoms with E-state index in [1.54, 1.807) is 0 Å². The predicted molar refractivity (Wildman–Crippen MR) is 71.2 cm³/mol. The second-order valence-electron chi connectivity index (χ2n) is 3.81. The van der Waals surface area contributed by atoms with Crippen molar-refractivity contribution in [2.45, 2.75) is 9.79 Å². The Hall–Kier alpha value is -1.35. The van der Waals surface area contributed by atoms with Gasteiger partial charge in [0.25, 0.3) is 19.2 Å². The molecule has 2 aromatic carbocycles. The molecule has 9 heteroatoms. The van der Waals surface area contributed by atoms with Crippen LogP contribution < -0.4 is 5.73 Å². The van der Waals surface area contributed by atoms with Crippen molar-refractivity contribution < 1.29 is 21.4 Å². The third-order valence-corrected chi connectivity index (χ3v) is 4.67. The highest BCUT2D eigenvalue weighted by Crippen LogP contribution is 2.30. The molecule has 0 aliphatic rings. The van der Waals surface area contributed by atoms with E-state index in [9.17, 15) is 16.8 Å². The Morgan fingerprint density at radius 3 is 2.21 bits per heavy atom. The molecule has 0 unspecified atom stereocenters.